The molecule has 1 unspecified atom stereocenters. The third-order valence-corrected chi connectivity index (χ3v) is 4.79. The molecule has 0 bridgehead atoms. The number of amides is 2. The Morgan fingerprint density at radius 1 is 1.21 bits per heavy atom. The van der Waals surface area contributed by atoms with Crippen LogP contribution < -0.4 is 5.32 Å². The molecule has 3 nitrogen and oxygen atoms in total. The second-order valence-corrected chi connectivity index (χ2v) is 5.72. The minimum atomic E-state index is 0.0743. The van der Waals surface area contributed by atoms with Gasteiger partial charge in [0.05, 0.1) is 0 Å². The smallest absolute Gasteiger partial charge is 0.317 e. The maximum absolute atomic E-state index is 11.6. The summed E-state index contributed by atoms with van der Waals surface area (Å²) < 4.78 is 0. The first-order chi connectivity index (χ1) is 9.29. The molecule has 19 heavy (non-hydrogen) atoms. The van der Waals surface area contributed by atoms with E-state index in [9.17, 15) is 4.79 Å². The van der Waals surface area contributed by atoms with Gasteiger partial charge in [0.25, 0.3) is 0 Å². The van der Waals surface area contributed by atoms with Crippen molar-refractivity contribution in [3.05, 3.63) is 35.4 Å². The standard InChI is InChI=1S/C16H22N2O/c1-17-16(19)18-10-8-13(9-11-18)15-7-6-12-4-2-3-5-14(12)15/h2-5,13,15H,6-11H2,1H3,(H,17,19). The van der Waals surface area contributed by atoms with Crippen molar-refractivity contribution < 1.29 is 4.79 Å². The number of likely N-dealkylation sites (tertiary alicyclic amines) is 1. The Balaban J connectivity index is 1.65. The average Bonchev–Trinajstić information content (AvgIpc) is 2.90. The summed E-state index contributed by atoms with van der Waals surface area (Å²) in [7, 11) is 1.71. The number of nitrogens with one attached hydrogen (secondary N) is 1. The molecule has 1 aliphatic heterocycles. The van der Waals surface area contributed by atoms with E-state index in [4.69, 9.17) is 0 Å². The first-order valence-electron chi connectivity index (χ1n) is 7.34. The zero-order valence-electron chi connectivity index (χ0n) is 11.6. The van der Waals surface area contributed by atoms with E-state index in [-0.39, 0.29) is 6.03 Å². The van der Waals surface area contributed by atoms with Crippen LogP contribution in [0.3, 0.4) is 0 Å². The van der Waals surface area contributed by atoms with Crippen LogP contribution in [0.4, 0.5) is 4.79 Å². The van der Waals surface area contributed by atoms with E-state index in [1.165, 1.54) is 12.8 Å². The molecular weight excluding hydrogens is 236 g/mol. The van der Waals surface area contributed by atoms with Gasteiger partial charge in [-0.15, -0.1) is 0 Å². The number of benzene rings is 1. The first-order valence-corrected chi connectivity index (χ1v) is 7.34. The second kappa shape index (κ2) is 5.24. The minimum absolute atomic E-state index is 0.0743. The predicted octanol–water partition coefficient (Wildman–Crippen LogP) is 2.77. The largest absolute Gasteiger partial charge is 0.341 e. The van der Waals surface area contributed by atoms with E-state index >= 15 is 0 Å². The number of carbonyl (C=O) groups is 1. The van der Waals surface area contributed by atoms with Crippen LogP contribution in [0.15, 0.2) is 24.3 Å². The molecule has 1 aliphatic carbocycles. The Morgan fingerprint density at radius 3 is 2.68 bits per heavy atom. The number of aryl methyl sites for hydroxylation is 1. The fourth-order valence-corrected chi connectivity index (χ4v) is 3.74. The summed E-state index contributed by atoms with van der Waals surface area (Å²) in [5.74, 6) is 1.48. The van der Waals surface area contributed by atoms with Crippen molar-refractivity contribution in [3.63, 3.8) is 0 Å². The highest BCUT2D eigenvalue weighted by Crippen LogP contribution is 2.42. The van der Waals surface area contributed by atoms with Gasteiger partial charge in [0.1, 0.15) is 0 Å². The molecule has 0 spiro atoms. The van der Waals surface area contributed by atoms with Crippen LogP contribution in [-0.2, 0) is 6.42 Å². The highest BCUT2D eigenvalue weighted by Gasteiger charge is 2.32. The third kappa shape index (κ3) is 2.34. The fraction of sp³-hybridized carbons (Fsp3) is 0.562. The molecule has 1 saturated heterocycles. The lowest BCUT2D eigenvalue weighted by Crippen LogP contribution is -2.43. The molecule has 1 atom stereocenters. The molecule has 1 aromatic carbocycles. The van der Waals surface area contributed by atoms with E-state index in [2.05, 4.69) is 29.6 Å². The lowest BCUT2D eigenvalue weighted by Gasteiger charge is -2.35. The predicted molar refractivity (Wildman–Crippen MR) is 76.3 cm³/mol. The lowest BCUT2D eigenvalue weighted by molar-refractivity contribution is 0.164. The summed E-state index contributed by atoms with van der Waals surface area (Å²) >= 11 is 0. The maximum Gasteiger partial charge on any atom is 0.317 e. The number of nitrogens with zero attached hydrogens (tertiary/aromatic N) is 1. The van der Waals surface area contributed by atoms with Crippen molar-refractivity contribution in [3.8, 4) is 0 Å². The Hall–Kier alpha value is -1.51. The van der Waals surface area contributed by atoms with Crippen LogP contribution in [0.2, 0.25) is 0 Å². The summed E-state index contributed by atoms with van der Waals surface area (Å²) in [5.41, 5.74) is 3.11. The van der Waals surface area contributed by atoms with Crippen LogP contribution in [-0.4, -0.2) is 31.1 Å². The number of piperidine rings is 1. The molecule has 1 fully saturated rings. The number of hydrogen-bond acceptors (Lipinski definition) is 1. The molecule has 1 heterocycles. The molecular formula is C16H22N2O. The molecule has 2 aliphatic rings. The normalized spacial score (nSPS) is 23.2. The Bertz CT molecular complexity index is 464. The molecule has 1 aromatic rings. The van der Waals surface area contributed by atoms with Gasteiger partial charge in [-0.2, -0.15) is 0 Å². The van der Waals surface area contributed by atoms with Gasteiger partial charge in [0.2, 0.25) is 0 Å². The average molecular weight is 258 g/mol. The highest BCUT2D eigenvalue weighted by atomic mass is 16.2. The number of urea groups is 1. The molecule has 3 heteroatoms. The molecule has 1 N–H and O–H groups in total. The Kier molecular flexibility index (Phi) is 3.45. The van der Waals surface area contributed by atoms with E-state index < -0.39 is 0 Å². The van der Waals surface area contributed by atoms with Gasteiger partial charge in [-0.05, 0) is 48.6 Å². The van der Waals surface area contributed by atoms with Crippen LogP contribution in [0.25, 0.3) is 0 Å². The monoisotopic (exact) mass is 258 g/mol. The quantitative estimate of drug-likeness (QED) is 0.825. The minimum Gasteiger partial charge on any atom is -0.341 e. The summed E-state index contributed by atoms with van der Waals surface area (Å²) in [4.78, 5) is 13.5. The summed E-state index contributed by atoms with van der Waals surface area (Å²) in [6, 6.07) is 8.96. The zero-order chi connectivity index (χ0) is 13.2. The molecule has 2 amide bonds. The SMILES string of the molecule is CNC(=O)N1CCC(C2CCc3ccccc32)CC1. The molecule has 3 rings (SSSR count). The fourth-order valence-electron chi connectivity index (χ4n) is 3.74. The van der Waals surface area contributed by atoms with E-state index in [1.54, 1.807) is 18.2 Å². The van der Waals surface area contributed by atoms with Gasteiger partial charge in [0, 0.05) is 20.1 Å². The Labute approximate surface area is 115 Å². The third-order valence-electron chi connectivity index (χ3n) is 4.79. The van der Waals surface area contributed by atoms with E-state index in [1.807, 2.05) is 4.90 Å². The van der Waals surface area contributed by atoms with Crippen molar-refractivity contribution >= 4 is 6.03 Å². The first kappa shape index (κ1) is 12.5. The van der Waals surface area contributed by atoms with Crippen molar-refractivity contribution in [2.75, 3.05) is 20.1 Å². The summed E-state index contributed by atoms with van der Waals surface area (Å²) in [6.45, 7) is 1.81. The maximum atomic E-state index is 11.6. The molecule has 0 aromatic heterocycles. The second-order valence-electron chi connectivity index (χ2n) is 5.72. The van der Waals surface area contributed by atoms with Gasteiger partial charge in [-0.25, -0.2) is 4.79 Å². The van der Waals surface area contributed by atoms with Crippen LogP contribution in [0.5, 0.6) is 0 Å². The number of hydrogen-bond donors (Lipinski definition) is 1. The Morgan fingerprint density at radius 2 is 1.95 bits per heavy atom. The molecule has 102 valence electrons. The summed E-state index contributed by atoms with van der Waals surface area (Å²) in [6.07, 6.45) is 4.82. The molecule has 0 radical (unpaired) electrons. The van der Waals surface area contributed by atoms with Gasteiger partial charge in [-0.1, -0.05) is 24.3 Å². The topological polar surface area (TPSA) is 32.3 Å². The van der Waals surface area contributed by atoms with Gasteiger partial charge >= 0.3 is 6.03 Å². The lowest BCUT2D eigenvalue weighted by atomic mass is 9.81. The van der Waals surface area contributed by atoms with Crippen LogP contribution in [0, 0.1) is 5.92 Å². The van der Waals surface area contributed by atoms with Crippen molar-refractivity contribution in [2.45, 2.75) is 31.6 Å². The van der Waals surface area contributed by atoms with Crippen LogP contribution >= 0.6 is 0 Å². The van der Waals surface area contributed by atoms with E-state index in [0.717, 1.165) is 37.8 Å². The zero-order valence-corrected chi connectivity index (χ0v) is 11.6. The highest BCUT2D eigenvalue weighted by molar-refractivity contribution is 5.73. The van der Waals surface area contributed by atoms with Gasteiger partial charge in [-0.3, -0.25) is 0 Å². The van der Waals surface area contributed by atoms with E-state index in [0.29, 0.717) is 0 Å². The summed E-state index contributed by atoms with van der Waals surface area (Å²) in [5, 5.41) is 2.72. The van der Waals surface area contributed by atoms with Crippen LogP contribution in [0.1, 0.15) is 36.3 Å². The number of rotatable bonds is 1. The van der Waals surface area contributed by atoms with Gasteiger partial charge in [0.15, 0.2) is 0 Å². The van der Waals surface area contributed by atoms with Gasteiger partial charge < -0.3 is 10.2 Å². The number of carbonyl (C=O) groups excluding carboxylic acids is 1. The van der Waals surface area contributed by atoms with Crippen molar-refractivity contribution in [2.24, 2.45) is 5.92 Å². The number of fused-ring (bicyclic) bond motifs is 1. The van der Waals surface area contributed by atoms with Crippen molar-refractivity contribution in [1.29, 1.82) is 0 Å². The molecule has 0 saturated carbocycles. The van der Waals surface area contributed by atoms with Crippen molar-refractivity contribution in [1.82, 2.24) is 10.2 Å².